The zero-order chi connectivity index (χ0) is 7.40. The molecule has 0 spiro atoms. The highest BCUT2D eigenvalue weighted by molar-refractivity contribution is 5.81. The Hall–Kier alpha value is -0.990. The maximum atomic E-state index is 11.0. The molecule has 10 heavy (non-hydrogen) atoms. The third-order valence-electron chi connectivity index (χ3n) is 1.33. The summed E-state index contributed by atoms with van der Waals surface area (Å²) in [6.07, 6.45) is 3.84. The van der Waals surface area contributed by atoms with Crippen LogP contribution in [-0.4, -0.2) is 18.6 Å². The molecule has 0 aromatic carbocycles. The topological polar surface area (TPSA) is 38.3 Å². The fraction of sp³-hybridized carbons (Fsp3) is 0.571. The lowest BCUT2D eigenvalue weighted by Gasteiger charge is -2.08. The summed E-state index contributed by atoms with van der Waals surface area (Å²) >= 11 is 0. The van der Waals surface area contributed by atoms with E-state index in [1.165, 1.54) is 0 Å². The summed E-state index contributed by atoms with van der Waals surface area (Å²) in [5.74, 6) is -0.0208. The molecule has 1 N–H and O–H groups in total. The summed E-state index contributed by atoms with van der Waals surface area (Å²) in [4.78, 5) is 11.0. The van der Waals surface area contributed by atoms with Gasteiger partial charge in [0.05, 0.1) is 6.26 Å². The first-order valence-electron chi connectivity index (χ1n) is 3.42. The van der Waals surface area contributed by atoms with Crippen molar-refractivity contribution < 1.29 is 9.53 Å². The molecule has 1 atom stereocenters. The van der Waals surface area contributed by atoms with Crippen LogP contribution in [0.25, 0.3) is 0 Å². The van der Waals surface area contributed by atoms with Crippen LogP contribution in [0.5, 0.6) is 0 Å². The van der Waals surface area contributed by atoms with E-state index in [4.69, 9.17) is 4.74 Å². The number of nitrogens with one attached hydrogen (secondary N) is 1. The van der Waals surface area contributed by atoms with Gasteiger partial charge in [0.15, 0.2) is 6.10 Å². The van der Waals surface area contributed by atoms with Crippen molar-refractivity contribution >= 4 is 5.91 Å². The highest BCUT2D eigenvalue weighted by Gasteiger charge is 2.19. The van der Waals surface area contributed by atoms with Gasteiger partial charge in [-0.1, -0.05) is 0 Å². The Balaban J connectivity index is 2.28. The van der Waals surface area contributed by atoms with Gasteiger partial charge in [-0.15, -0.1) is 0 Å². The van der Waals surface area contributed by atoms with E-state index in [0.29, 0.717) is 13.0 Å². The first kappa shape index (κ1) is 7.12. The second-order valence-corrected chi connectivity index (χ2v) is 2.13. The summed E-state index contributed by atoms with van der Waals surface area (Å²) in [6, 6.07) is 0. The predicted octanol–water partition coefficient (Wildman–Crippen LogP) is 0.425. The molecule has 1 rings (SSSR count). The van der Waals surface area contributed by atoms with Gasteiger partial charge in [0.25, 0.3) is 5.91 Å². The largest absolute Gasteiger partial charge is 0.488 e. The van der Waals surface area contributed by atoms with Crippen LogP contribution < -0.4 is 5.32 Å². The second kappa shape index (κ2) is 3.25. The smallest absolute Gasteiger partial charge is 0.261 e. The van der Waals surface area contributed by atoms with Crippen LogP contribution in [0.15, 0.2) is 12.3 Å². The zero-order valence-electron chi connectivity index (χ0n) is 5.96. The van der Waals surface area contributed by atoms with Crippen molar-refractivity contribution in [2.24, 2.45) is 0 Å². The third-order valence-corrected chi connectivity index (χ3v) is 1.33. The number of carbonyl (C=O) groups excluding carboxylic acids is 1. The average Bonchev–Trinajstić information content (AvgIpc) is 2.38. The predicted molar refractivity (Wildman–Crippen MR) is 37.3 cm³/mol. The summed E-state index contributed by atoms with van der Waals surface area (Å²) in [5.41, 5.74) is 0. The van der Waals surface area contributed by atoms with Gasteiger partial charge in [0, 0.05) is 13.0 Å². The van der Waals surface area contributed by atoms with Gasteiger partial charge in [-0.2, -0.15) is 0 Å². The molecule has 1 aliphatic heterocycles. The van der Waals surface area contributed by atoms with Crippen molar-refractivity contribution in [2.75, 3.05) is 6.54 Å². The Bertz CT molecular complexity index is 146. The molecular weight excluding hydrogens is 130 g/mol. The Morgan fingerprint density at radius 1 is 1.90 bits per heavy atom. The molecular formula is C7H11NO2. The van der Waals surface area contributed by atoms with E-state index in [1.54, 1.807) is 6.26 Å². The first-order valence-corrected chi connectivity index (χ1v) is 3.42. The van der Waals surface area contributed by atoms with Gasteiger partial charge >= 0.3 is 0 Å². The fourth-order valence-electron chi connectivity index (χ4n) is 0.842. The van der Waals surface area contributed by atoms with Gasteiger partial charge in [0.1, 0.15) is 0 Å². The van der Waals surface area contributed by atoms with E-state index in [1.807, 2.05) is 13.0 Å². The average molecular weight is 141 g/mol. The number of ether oxygens (including phenoxy) is 1. The lowest BCUT2D eigenvalue weighted by molar-refractivity contribution is -0.128. The van der Waals surface area contributed by atoms with Crippen LogP contribution in [0.4, 0.5) is 0 Å². The van der Waals surface area contributed by atoms with Crippen LogP contribution in [0, 0.1) is 0 Å². The van der Waals surface area contributed by atoms with Crippen LogP contribution in [0.2, 0.25) is 0 Å². The van der Waals surface area contributed by atoms with Gasteiger partial charge in [0.2, 0.25) is 0 Å². The van der Waals surface area contributed by atoms with Crippen molar-refractivity contribution in [3.8, 4) is 0 Å². The van der Waals surface area contributed by atoms with Gasteiger partial charge in [-0.25, -0.2) is 0 Å². The van der Waals surface area contributed by atoms with Crippen molar-refractivity contribution in [1.82, 2.24) is 5.32 Å². The monoisotopic (exact) mass is 141 g/mol. The maximum Gasteiger partial charge on any atom is 0.261 e. The number of hydrogen-bond acceptors (Lipinski definition) is 2. The summed E-state index contributed by atoms with van der Waals surface area (Å²) in [6.45, 7) is 2.55. The standard InChI is InChI=1S/C7H11NO2/c1-2-8-7(9)6-4-3-5-10-6/h3,5-6H,2,4H2,1H3,(H,8,9). The Morgan fingerprint density at radius 3 is 3.20 bits per heavy atom. The Labute approximate surface area is 60.1 Å². The molecule has 3 heteroatoms. The fourth-order valence-corrected chi connectivity index (χ4v) is 0.842. The minimum absolute atomic E-state index is 0.0208. The highest BCUT2D eigenvalue weighted by Crippen LogP contribution is 2.07. The molecule has 1 unspecified atom stereocenters. The minimum atomic E-state index is -0.278. The van der Waals surface area contributed by atoms with Crippen molar-refractivity contribution in [2.45, 2.75) is 19.4 Å². The normalized spacial score (nSPS) is 22.3. The molecule has 0 bridgehead atoms. The lowest BCUT2D eigenvalue weighted by atomic mass is 10.2. The van der Waals surface area contributed by atoms with E-state index in [9.17, 15) is 4.79 Å². The van der Waals surface area contributed by atoms with E-state index < -0.39 is 0 Å². The molecule has 1 heterocycles. The van der Waals surface area contributed by atoms with E-state index in [0.717, 1.165) is 0 Å². The lowest BCUT2D eigenvalue weighted by Crippen LogP contribution is -2.33. The van der Waals surface area contributed by atoms with Crippen LogP contribution >= 0.6 is 0 Å². The van der Waals surface area contributed by atoms with Crippen LogP contribution in [0.1, 0.15) is 13.3 Å². The molecule has 0 saturated heterocycles. The number of likely N-dealkylation sites (N-methyl/N-ethyl adjacent to an activating group) is 1. The molecule has 0 aromatic rings. The second-order valence-electron chi connectivity index (χ2n) is 2.13. The molecule has 0 aliphatic carbocycles. The van der Waals surface area contributed by atoms with Gasteiger partial charge in [-0.05, 0) is 13.0 Å². The van der Waals surface area contributed by atoms with Crippen molar-refractivity contribution in [3.05, 3.63) is 12.3 Å². The van der Waals surface area contributed by atoms with E-state index in [2.05, 4.69) is 5.32 Å². The Morgan fingerprint density at radius 2 is 2.70 bits per heavy atom. The SMILES string of the molecule is CCNC(=O)C1CC=CO1. The molecule has 56 valence electrons. The van der Waals surface area contributed by atoms with Gasteiger partial charge in [-0.3, -0.25) is 4.79 Å². The minimum Gasteiger partial charge on any atom is -0.488 e. The van der Waals surface area contributed by atoms with E-state index >= 15 is 0 Å². The maximum absolute atomic E-state index is 11.0. The van der Waals surface area contributed by atoms with Gasteiger partial charge < -0.3 is 10.1 Å². The number of hydrogen-bond donors (Lipinski definition) is 1. The first-order chi connectivity index (χ1) is 4.84. The van der Waals surface area contributed by atoms with Crippen molar-refractivity contribution in [3.63, 3.8) is 0 Å². The quantitative estimate of drug-likeness (QED) is 0.605. The number of carbonyl (C=O) groups is 1. The molecule has 3 nitrogen and oxygen atoms in total. The highest BCUT2D eigenvalue weighted by atomic mass is 16.5. The zero-order valence-corrected chi connectivity index (χ0v) is 5.96. The summed E-state index contributed by atoms with van der Waals surface area (Å²) in [5, 5.41) is 2.68. The van der Waals surface area contributed by atoms with E-state index in [-0.39, 0.29) is 12.0 Å². The molecule has 0 aromatic heterocycles. The Kier molecular flexibility index (Phi) is 2.31. The van der Waals surface area contributed by atoms with Crippen LogP contribution in [-0.2, 0) is 9.53 Å². The molecule has 1 aliphatic rings. The third kappa shape index (κ3) is 1.50. The molecule has 0 saturated carbocycles. The molecule has 0 fully saturated rings. The molecule has 0 radical (unpaired) electrons. The number of amides is 1. The van der Waals surface area contributed by atoms with Crippen LogP contribution in [0.3, 0.4) is 0 Å². The summed E-state index contributed by atoms with van der Waals surface area (Å²) in [7, 11) is 0. The number of rotatable bonds is 2. The summed E-state index contributed by atoms with van der Waals surface area (Å²) < 4.78 is 4.97. The molecule has 1 amide bonds. The van der Waals surface area contributed by atoms with Crippen molar-refractivity contribution in [1.29, 1.82) is 0 Å².